The molecule has 1 aromatic heterocycles. The second kappa shape index (κ2) is 12.1. The highest BCUT2D eigenvalue weighted by Crippen LogP contribution is 2.31. The van der Waals surface area contributed by atoms with Crippen molar-refractivity contribution in [3.8, 4) is 22.7 Å². The normalized spacial score (nSPS) is 11.2. The minimum absolute atomic E-state index is 0.263. The standard InChI is InChI=1S/C35H27ClN4O2/c1-24-13-17-28(18-14-24)40-34(31-11-6-9-26-7-2-4-10-30(26)31)21-33(39-40)35(41)38-37-22-25-15-19-29(20-16-25)42-23-27-8-3-5-12-32(27)36/h2-22H,23H2,1H3,(H,38,41)/b37-22-. The zero-order chi connectivity index (χ0) is 28.9. The van der Waals surface area contributed by atoms with Gasteiger partial charge in [-0.15, -0.1) is 0 Å². The summed E-state index contributed by atoms with van der Waals surface area (Å²) in [5, 5.41) is 11.7. The Balaban J connectivity index is 1.20. The lowest BCUT2D eigenvalue weighted by Crippen LogP contribution is -2.18. The molecule has 6 nitrogen and oxygen atoms in total. The van der Waals surface area contributed by atoms with Crippen LogP contribution < -0.4 is 10.2 Å². The first-order valence-corrected chi connectivity index (χ1v) is 13.9. The van der Waals surface area contributed by atoms with Crippen LogP contribution in [0.5, 0.6) is 5.75 Å². The Morgan fingerprint density at radius 2 is 1.64 bits per heavy atom. The Morgan fingerprint density at radius 3 is 2.45 bits per heavy atom. The number of amides is 1. The van der Waals surface area contributed by atoms with E-state index in [4.69, 9.17) is 16.3 Å². The molecule has 0 unspecified atom stereocenters. The molecule has 1 N–H and O–H groups in total. The second-order valence-electron chi connectivity index (χ2n) is 9.84. The van der Waals surface area contributed by atoms with E-state index in [0.29, 0.717) is 17.4 Å². The van der Waals surface area contributed by atoms with Crippen LogP contribution >= 0.6 is 11.6 Å². The molecule has 0 aliphatic carbocycles. The highest BCUT2D eigenvalue weighted by Gasteiger charge is 2.18. The van der Waals surface area contributed by atoms with E-state index < -0.39 is 5.91 Å². The van der Waals surface area contributed by atoms with E-state index in [9.17, 15) is 4.79 Å². The van der Waals surface area contributed by atoms with Crippen LogP contribution in [0.25, 0.3) is 27.7 Å². The Labute approximate surface area is 248 Å². The van der Waals surface area contributed by atoms with Crippen molar-refractivity contribution in [2.45, 2.75) is 13.5 Å². The van der Waals surface area contributed by atoms with E-state index in [-0.39, 0.29) is 5.69 Å². The third kappa shape index (κ3) is 5.94. The summed E-state index contributed by atoms with van der Waals surface area (Å²) in [7, 11) is 0. The van der Waals surface area contributed by atoms with Gasteiger partial charge in [-0.3, -0.25) is 4.79 Å². The molecule has 0 atom stereocenters. The van der Waals surface area contributed by atoms with Gasteiger partial charge in [0.1, 0.15) is 12.4 Å². The molecule has 0 aliphatic heterocycles. The average Bonchev–Trinajstić information content (AvgIpc) is 3.47. The molecule has 206 valence electrons. The van der Waals surface area contributed by atoms with Crippen LogP contribution in [-0.2, 0) is 6.61 Å². The molecular formula is C35H27ClN4O2. The SMILES string of the molecule is Cc1ccc(-n2nc(C(=O)N/N=C\c3ccc(OCc4ccccc4Cl)cc3)cc2-c2cccc3ccccc23)cc1. The van der Waals surface area contributed by atoms with Crippen molar-refractivity contribution >= 4 is 34.5 Å². The Kier molecular flexibility index (Phi) is 7.79. The highest BCUT2D eigenvalue weighted by molar-refractivity contribution is 6.31. The van der Waals surface area contributed by atoms with Crippen molar-refractivity contribution in [2.24, 2.45) is 5.10 Å². The van der Waals surface area contributed by atoms with Gasteiger partial charge in [0.2, 0.25) is 0 Å². The van der Waals surface area contributed by atoms with Gasteiger partial charge in [-0.2, -0.15) is 10.2 Å². The smallest absolute Gasteiger partial charge is 0.291 e. The van der Waals surface area contributed by atoms with Crippen molar-refractivity contribution in [1.29, 1.82) is 0 Å². The van der Waals surface area contributed by atoms with Crippen molar-refractivity contribution in [2.75, 3.05) is 0 Å². The van der Waals surface area contributed by atoms with Gasteiger partial charge < -0.3 is 4.74 Å². The van der Waals surface area contributed by atoms with Crippen molar-refractivity contribution in [3.63, 3.8) is 0 Å². The van der Waals surface area contributed by atoms with E-state index >= 15 is 0 Å². The summed E-state index contributed by atoms with van der Waals surface area (Å²) in [4.78, 5) is 13.2. The molecule has 1 heterocycles. The number of rotatable bonds is 8. The summed E-state index contributed by atoms with van der Waals surface area (Å²) in [6.07, 6.45) is 1.58. The molecule has 7 heteroatoms. The first-order valence-electron chi connectivity index (χ1n) is 13.5. The molecule has 0 spiro atoms. The number of ether oxygens (including phenoxy) is 1. The van der Waals surface area contributed by atoms with Crippen LogP contribution in [0.4, 0.5) is 0 Å². The number of nitrogens with zero attached hydrogens (tertiary/aromatic N) is 3. The molecule has 0 aliphatic rings. The van der Waals surface area contributed by atoms with Gasteiger partial charge in [-0.1, -0.05) is 90.0 Å². The number of halogens is 1. The van der Waals surface area contributed by atoms with Crippen LogP contribution in [0.1, 0.15) is 27.2 Å². The van der Waals surface area contributed by atoms with Gasteiger partial charge in [-0.05, 0) is 71.8 Å². The van der Waals surface area contributed by atoms with Gasteiger partial charge >= 0.3 is 0 Å². The van der Waals surface area contributed by atoms with E-state index in [2.05, 4.69) is 33.8 Å². The lowest BCUT2D eigenvalue weighted by atomic mass is 10.0. The molecule has 0 bridgehead atoms. The van der Waals surface area contributed by atoms with Crippen molar-refractivity contribution in [3.05, 3.63) is 149 Å². The summed E-state index contributed by atoms with van der Waals surface area (Å²) in [5.74, 6) is 0.303. The van der Waals surface area contributed by atoms with Gasteiger partial charge in [-0.25, -0.2) is 10.1 Å². The van der Waals surface area contributed by atoms with Crippen LogP contribution in [-0.4, -0.2) is 21.9 Å². The number of hydrazone groups is 1. The first kappa shape index (κ1) is 27.0. The van der Waals surface area contributed by atoms with Gasteiger partial charge in [0.05, 0.1) is 17.6 Å². The van der Waals surface area contributed by atoms with E-state index in [1.165, 1.54) is 0 Å². The number of aromatic nitrogens is 2. The molecule has 5 aromatic carbocycles. The van der Waals surface area contributed by atoms with Crippen LogP contribution in [0.15, 0.2) is 126 Å². The molecular weight excluding hydrogens is 544 g/mol. The van der Waals surface area contributed by atoms with Crippen LogP contribution in [0, 0.1) is 6.92 Å². The molecule has 0 saturated carbocycles. The Morgan fingerprint density at radius 1 is 0.905 bits per heavy atom. The maximum atomic E-state index is 13.2. The highest BCUT2D eigenvalue weighted by atomic mass is 35.5. The minimum Gasteiger partial charge on any atom is -0.489 e. The van der Waals surface area contributed by atoms with E-state index in [1.807, 2.05) is 104 Å². The van der Waals surface area contributed by atoms with Crippen LogP contribution in [0.2, 0.25) is 5.02 Å². The van der Waals surface area contributed by atoms with Gasteiger partial charge in [0.25, 0.3) is 5.91 Å². The number of nitrogens with one attached hydrogen (secondary N) is 1. The quantitative estimate of drug-likeness (QED) is 0.149. The Bertz CT molecular complexity index is 1890. The lowest BCUT2D eigenvalue weighted by molar-refractivity contribution is 0.0949. The number of carbonyl (C=O) groups is 1. The van der Waals surface area contributed by atoms with Gasteiger partial charge in [0, 0.05) is 16.1 Å². The Hall–Kier alpha value is -5.20. The first-order chi connectivity index (χ1) is 20.5. The van der Waals surface area contributed by atoms with E-state index in [0.717, 1.165) is 44.4 Å². The summed E-state index contributed by atoms with van der Waals surface area (Å²) >= 11 is 6.21. The third-order valence-electron chi connectivity index (χ3n) is 6.90. The number of fused-ring (bicyclic) bond motifs is 1. The fraction of sp³-hybridized carbons (Fsp3) is 0.0571. The maximum absolute atomic E-state index is 13.2. The van der Waals surface area contributed by atoms with Crippen LogP contribution in [0.3, 0.4) is 0 Å². The molecule has 0 radical (unpaired) electrons. The summed E-state index contributed by atoms with van der Waals surface area (Å²) in [6, 6.07) is 39.2. The number of aryl methyl sites for hydroxylation is 1. The summed E-state index contributed by atoms with van der Waals surface area (Å²) < 4.78 is 7.65. The second-order valence-corrected chi connectivity index (χ2v) is 10.2. The largest absolute Gasteiger partial charge is 0.489 e. The number of carbonyl (C=O) groups excluding carboxylic acids is 1. The molecule has 0 fully saturated rings. The van der Waals surface area contributed by atoms with Crippen molar-refractivity contribution in [1.82, 2.24) is 15.2 Å². The fourth-order valence-corrected chi connectivity index (χ4v) is 4.86. The zero-order valence-electron chi connectivity index (χ0n) is 22.9. The minimum atomic E-state index is -0.404. The lowest BCUT2D eigenvalue weighted by Gasteiger charge is -2.10. The number of benzene rings is 5. The summed E-state index contributed by atoms with van der Waals surface area (Å²) in [6.45, 7) is 2.41. The molecule has 6 rings (SSSR count). The number of hydrogen-bond donors (Lipinski definition) is 1. The topological polar surface area (TPSA) is 68.5 Å². The molecule has 42 heavy (non-hydrogen) atoms. The monoisotopic (exact) mass is 570 g/mol. The van der Waals surface area contributed by atoms with E-state index in [1.54, 1.807) is 17.0 Å². The maximum Gasteiger partial charge on any atom is 0.291 e. The number of hydrogen-bond acceptors (Lipinski definition) is 4. The predicted octanol–water partition coefficient (Wildman–Crippen LogP) is 8.00. The van der Waals surface area contributed by atoms with Crippen molar-refractivity contribution < 1.29 is 9.53 Å². The molecule has 1 amide bonds. The predicted molar refractivity (Wildman–Crippen MR) is 169 cm³/mol. The zero-order valence-corrected chi connectivity index (χ0v) is 23.6. The van der Waals surface area contributed by atoms with Gasteiger partial charge in [0.15, 0.2) is 5.69 Å². The third-order valence-corrected chi connectivity index (χ3v) is 7.27. The molecule has 0 saturated heterocycles. The summed E-state index contributed by atoms with van der Waals surface area (Å²) in [5.41, 5.74) is 8.41. The molecule has 6 aromatic rings. The average molecular weight is 571 g/mol. The fourth-order valence-electron chi connectivity index (χ4n) is 4.66.